The lowest BCUT2D eigenvalue weighted by Crippen LogP contribution is -2.57. The summed E-state index contributed by atoms with van der Waals surface area (Å²) >= 11 is 2.01. The van der Waals surface area contributed by atoms with Crippen LogP contribution >= 0.6 is 22.6 Å². The predicted molar refractivity (Wildman–Crippen MR) is 122 cm³/mol. The average Bonchev–Trinajstić information content (AvgIpc) is 2.70. The van der Waals surface area contributed by atoms with Crippen LogP contribution in [-0.4, -0.2) is 61.1 Å². The van der Waals surface area contributed by atoms with Crippen molar-refractivity contribution in [1.29, 1.82) is 0 Å². The van der Waals surface area contributed by atoms with Crippen molar-refractivity contribution in [2.75, 3.05) is 32.8 Å². The third-order valence-electron chi connectivity index (χ3n) is 6.01. The van der Waals surface area contributed by atoms with Crippen molar-refractivity contribution in [2.24, 2.45) is 5.92 Å². The number of rotatable bonds is 6. The maximum atomic E-state index is 13.5. The second-order valence-electron chi connectivity index (χ2n) is 8.88. The smallest absolute Gasteiger partial charge is 0.251 e. The Morgan fingerprint density at radius 1 is 1.23 bits per heavy atom. The number of carbonyl (C=O) groups excluding carboxylic acids is 2. The van der Waals surface area contributed by atoms with Gasteiger partial charge in [0, 0.05) is 28.3 Å². The second-order valence-corrected chi connectivity index (χ2v) is 10.1. The topological polar surface area (TPSA) is 70.7 Å². The highest BCUT2D eigenvalue weighted by atomic mass is 127. The van der Waals surface area contributed by atoms with Crippen molar-refractivity contribution < 1.29 is 18.7 Å². The summed E-state index contributed by atoms with van der Waals surface area (Å²) in [5.41, 5.74) is 0.103. The molecule has 2 amide bonds. The monoisotopic (exact) mass is 531 g/mol. The Bertz CT molecular complexity index is 746. The minimum absolute atomic E-state index is 0.127. The lowest BCUT2D eigenvalue weighted by atomic mass is 9.86. The highest BCUT2D eigenvalue weighted by Gasteiger charge is 2.34. The van der Waals surface area contributed by atoms with E-state index in [1.807, 2.05) is 41.3 Å². The van der Waals surface area contributed by atoms with Crippen molar-refractivity contribution in [3.8, 4) is 0 Å². The number of halogens is 2. The summed E-state index contributed by atoms with van der Waals surface area (Å²) in [6.07, 6.45) is 3.96. The van der Waals surface area contributed by atoms with Crippen LogP contribution in [0.5, 0.6) is 0 Å². The van der Waals surface area contributed by atoms with E-state index in [9.17, 15) is 14.0 Å². The third-order valence-corrected chi connectivity index (χ3v) is 6.63. The molecule has 6 nitrogen and oxygen atoms in total. The summed E-state index contributed by atoms with van der Waals surface area (Å²) in [5.74, 6) is -0.0871. The van der Waals surface area contributed by atoms with Crippen LogP contribution < -0.4 is 10.6 Å². The normalized spacial score (nSPS) is 23.8. The Labute approximate surface area is 191 Å². The minimum Gasteiger partial charge on any atom is -0.377 e. The van der Waals surface area contributed by atoms with Gasteiger partial charge in [0.1, 0.15) is 5.82 Å². The fourth-order valence-electron chi connectivity index (χ4n) is 4.24. The minimum atomic E-state index is -0.395. The van der Waals surface area contributed by atoms with Gasteiger partial charge >= 0.3 is 0 Å². The number of carbonyl (C=O) groups is 2. The van der Waals surface area contributed by atoms with Crippen molar-refractivity contribution in [3.63, 3.8) is 0 Å². The number of hydrogen-bond donors (Lipinski definition) is 2. The molecule has 1 aromatic carbocycles. The molecular weight excluding hydrogens is 500 g/mol. The largest absolute Gasteiger partial charge is 0.377 e. The van der Waals surface area contributed by atoms with E-state index < -0.39 is 5.82 Å². The molecule has 0 spiro atoms. The van der Waals surface area contributed by atoms with Gasteiger partial charge in [-0.05, 0) is 86.2 Å². The quantitative estimate of drug-likeness (QED) is 0.555. The molecule has 0 radical (unpaired) electrons. The Hall–Kier alpha value is -1.26. The van der Waals surface area contributed by atoms with Gasteiger partial charge in [0.2, 0.25) is 5.91 Å². The molecule has 1 aliphatic heterocycles. The van der Waals surface area contributed by atoms with Crippen LogP contribution in [0.1, 0.15) is 49.9 Å². The summed E-state index contributed by atoms with van der Waals surface area (Å²) in [4.78, 5) is 26.8. The van der Waals surface area contributed by atoms with Crippen molar-refractivity contribution in [3.05, 3.63) is 33.1 Å². The maximum absolute atomic E-state index is 13.5. The number of nitrogens with one attached hydrogen (secondary N) is 2. The molecule has 1 saturated carbocycles. The summed E-state index contributed by atoms with van der Waals surface area (Å²) in [5, 5.41) is 6.36. The molecule has 166 valence electrons. The molecule has 2 N–H and O–H groups in total. The van der Waals surface area contributed by atoms with Gasteiger partial charge in [-0.15, -0.1) is 0 Å². The molecule has 0 bridgehead atoms. The highest BCUT2D eigenvalue weighted by molar-refractivity contribution is 14.1. The zero-order valence-corrected chi connectivity index (χ0v) is 19.8. The molecule has 30 heavy (non-hydrogen) atoms. The maximum Gasteiger partial charge on any atom is 0.251 e. The number of amides is 2. The third kappa shape index (κ3) is 6.37. The average molecular weight is 531 g/mol. The van der Waals surface area contributed by atoms with E-state index in [1.54, 1.807) is 6.07 Å². The molecule has 1 saturated heterocycles. The molecule has 0 unspecified atom stereocenters. The predicted octanol–water partition coefficient (Wildman–Crippen LogP) is 2.95. The van der Waals surface area contributed by atoms with Gasteiger partial charge < -0.3 is 20.3 Å². The fraction of sp³-hybridized carbons (Fsp3) is 0.636. The molecule has 1 aromatic rings. The molecule has 2 aliphatic rings. The first-order chi connectivity index (χ1) is 14.2. The van der Waals surface area contributed by atoms with Crippen molar-refractivity contribution in [1.82, 2.24) is 15.5 Å². The number of ether oxygens (including phenoxy) is 1. The van der Waals surface area contributed by atoms with Crippen molar-refractivity contribution >= 4 is 34.4 Å². The van der Waals surface area contributed by atoms with Crippen LogP contribution in [0.4, 0.5) is 4.39 Å². The van der Waals surface area contributed by atoms with Gasteiger partial charge in [0.05, 0.1) is 25.3 Å². The Kier molecular flexibility index (Phi) is 8.09. The van der Waals surface area contributed by atoms with Gasteiger partial charge in [0.25, 0.3) is 5.91 Å². The first-order valence-corrected chi connectivity index (χ1v) is 11.7. The molecule has 3 rings (SSSR count). The van der Waals surface area contributed by atoms with Gasteiger partial charge in [-0.2, -0.15) is 0 Å². The van der Waals surface area contributed by atoms with Crippen LogP contribution in [0.15, 0.2) is 18.2 Å². The number of benzene rings is 1. The van der Waals surface area contributed by atoms with E-state index in [1.165, 1.54) is 12.1 Å². The van der Waals surface area contributed by atoms with Crippen LogP contribution in [0.3, 0.4) is 0 Å². The van der Waals surface area contributed by atoms with E-state index in [2.05, 4.69) is 10.6 Å². The molecule has 2 fully saturated rings. The van der Waals surface area contributed by atoms with Gasteiger partial charge in [-0.25, -0.2) is 4.39 Å². The summed E-state index contributed by atoms with van der Waals surface area (Å²) < 4.78 is 19.7. The molecule has 1 heterocycles. The zero-order valence-electron chi connectivity index (χ0n) is 17.7. The number of morpholine rings is 1. The van der Waals surface area contributed by atoms with Crippen LogP contribution in [-0.2, 0) is 9.53 Å². The standard InChI is InChI=1S/C22H31FIN3O3/c1-22(2)14-30-8-7-27(22)20(28)13-25-19-5-3-15(4-6-19)12-26-21(29)16-9-17(23)11-18(24)10-16/h9-11,15,19,25H,3-8,12-14H2,1-2H3,(H,26,29). The first-order valence-electron chi connectivity index (χ1n) is 10.6. The van der Waals surface area contributed by atoms with Crippen LogP contribution in [0.2, 0.25) is 0 Å². The first kappa shape index (κ1) is 23.4. The lowest BCUT2D eigenvalue weighted by molar-refractivity contribution is -0.145. The zero-order chi connectivity index (χ0) is 21.7. The molecule has 8 heteroatoms. The molecule has 1 aliphatic carbocycles. The molecular formula is C22H31FIN3O3. The van der Waals surface area contributed by atoms with E-state index in [-0.39, 0.29) is 17.4 Å². The van der Waals surface area contributed by atoms with Gasteiger partial charge in [-0.1, -0.05) is 0 Å². The van der Waals surface area contributed by atoms with Gasteiger partial charge in [0.15, 0.2) is 0 Å². The Balaban J connectivity index is 1.37. The van der Waals surface area contributed by atoms with Gasteiger partial charge in [-0.3, -0.25) is 9.59 Å². The molecule has 0 aromatic heterocycles. The SMILES string of the molecule is CC1(C)COCCN1C(=O)CNC1CCC(CNC(=O)c2cc(F)cc(I)c2)CC1. The molecule has 0 atom stereocenters. The Morgan fingerprint density at radius 3 is 2.63 bits per heavy atom. The van der Waals surface area contributed by atoms with E-state index >= 15 is 0 Å². The van der Waals surface area contributed by atoms with Crippen molar-refractivity contribution in [2.45, 2.75) is 51.1 Å². The second kappa shape index (κ2) is 10.4. The number of hydrogen-bond acceptors (Lipinski definition) is 4. The van der Waals surface area contributed by atoms with E-state index in [4.69, 9.17) is 4.74 Å². The lowest BCUT2D eigenvalue weighted by Gasteiger charge is -2.42. The summed E-state index contributed by atoms with van der Waals surface area (Å²) in [6.45, 7) is 6.84. The number of nitrogens with zero attached hydrogens (tertiary/aromatic N) is 1. The fourth-order valence-corrected chi connectivity index (χ4v) is 4.88. The van der Waals surface area contributed by atoms with Crippen LogP contribution in [0, 0.1) is 15.3 Å². The van der Waals surface area contributed by atoms with E-state index in [0.717, 1.165) is 25.7 Å². The van der Waals surface area contributed by atoms with E-state index in [0.29, 0.717) is 53.9 Å². The highest BCUT2D eigenvalue weighted by Crippen LogP contribution is 2.24. The summed E-state index contributed by atoms with van der Waals surface area (Å²) in [6, 6.07) is 4.68. The Morgan fingerprint density at radius 2 is 1.97 bits per heavy atom. The van der Waals surface area contributed by atoms with Crippen LogP contribution in [0.25, 0.3) is 0 Å². The summed E-state index contributed by atoms with van der Waals surface area (Å²) in [7, 11) is 0.